The van der Waals surface area contributed by atoms with E-state index in [2.05, 4.69) is 5.32 Å². The summed E-state index contributed by atoms with van der Waals surface area (Å²) in [6.07, 6.45) is 3.52. The quantitative estimate of drug-likeness (QED) is 0.758. The number of benzene rings is 1. The van der Waals surface area contributed by atoms with Crippen molar-refractivity contribution >= 4 is 11.6 Å². The summed E-state index contributed by atoms with van der Waals surface area (Å²) in [5.41, 5.74) is 7.27. The Hall–Kier alpha value is -1.59. The third-order valence-electron chi connectivity index (χ3n) is 4.05. The molecule has 0 aromatic heterocycles. The average molecular weight is 319 g/mol. The summed E-state index contributed by atoms with van der Waals surface area (Å²) in [5, 5.41) is 3.38. The van der Waals surface area contributed by atoms with Crippen LogP contribution in [0.2, 0.25) is 0 Å². The molecular weight excluding hydrogens is 290 g/mol. The van der Waals surface area contributed by atoms with Crippen molar-refractivity contribution < 1.29 is 9.53 Å². The second-order valence-electron chi connectivity index (χ2n) is 6.32. The number of rotatable bonds is 7. The highest BCUT2D eigenvalue weighted by Gasteiger charge is 2.26. The van der Waals surface area contributed by atoms with E-state index < -0.39 is 0 Å². The first kappa shape index (κ1) is 17.8. The Balaban J connectivity index is 1.85. The van der Waals surface area contributed by atoms with Crippen molar-refractivity contribution in [2.75, 3.05) is 31.5 Å². The van der Waals surface area contributed by atoms with Gasteiger partial charge in [-0.05, 0) is 57.5 Å². The molecule has 5 heteroatoms. The van der Waals surface area contributed by atoms with E-state index in [1.54, 1.807) is 0 Å². The van der Waals surface area contributed by atoms with Gasteiger partial charge in [-0.1, -0.05) is 6.42 Å². The van der Waals surface area contributed by atoms with Gasteiger partial charge in [0.1, 0.15) is 0 Å². The van der Waals surface area contributed by atoms with Gasteiger partial charge >= 0.3 is 0 Å². The molecule has 0 saturated carbocycles. The predicted octanol–water partition coefficient (Wildman–Crippen LogP) is 2.48. The topological polar surface area (TPSA) is 67.6 Å². The summed E-state index contributed by atoms with van der Waals surface area (Å²) in [6, 6.07) is 7.75. The van der Waals surface area contributed by atoms with Crippen LogP contribution in [0.1, 0.15) is 43.5 Å². The van der Waals surface area contributed by atoms with Crippen molar-refractivity contribution in [3.63, 3.8) is 0 Å². The Morgan fingerprint density at radius 1 is 1.17 bits per heavy atom. The molecule has 1 amide bonds. The molecule has 2 rings (SSSR count). The van der Waals surface area contributed by atoms with Gasteiger partial charge in [0.15, 0.2) is 0 Å². The molecule has 0 radical (unpaired) electrons. The number of nitrogens with one attached hydrogen (secondary N) is 1. The first-order chi connectivity index (χ1) is 11.1. The lowest BCUT2D eigenvalue weighted by Crippen LogP contribution is -2.48. The Morgan fingerprint density at radius 2 is 1.83 bits per heavy atom. The fourth-order valence-corrected chi connectivity index (χ4v) is 2.94. The van der Waals surface area contributed by atoms with E-state index in [0.717, 1.165) is 43.6 Å². The monoisotopic (exact) mass is 319 g/mol. The number of hydrogen-bond donors (Lipinski definition) is 2. The summed E-state index contributed by atoms with van der Waals surface area (Å²) >= 11 is 0. The SMILES string of the molecule is CC1CN(C(=O)c2ccc(NCCCCCN)cc2)C[C@@H](C)O1. The fourth-order valence-electron chi connectivity index (χ4n) is 2.94. The molecule has 1 aromatic rings. The van der Waals surface area contributed by atoms with Gasteiger partial charge < -0.3 is 20.7 Å². The van der Waals surface area contributed by atoms with Crippen LogP contribution in [0, 0.1) is 0 Å². The van der Waals surface area contributed by atoms with Crippen LogP contribution < -0.4 is 11.1 Å². The van der Waals surface area contributed by atoms with E-state index in [9.17, 15) is 4.79 Å². The second-order valence-corrected chi connectivity index (χ2v) is 6.32. The van der Waals surface area contributed by atoms with Gasteiger partial charge in [0, 0.05) is 30.9 Å². The molecule has 0 spiro atoms. The Morgan fingerprint density at radius 3 is 2.43 bits per heavy atom. The van der Waals surface area contributed by atoms with Gasteiger partial charge in [-0.2, -0.15) is 0 Å². The van der Waals surface area contributed by atoms with Gasteiger partial charge in [0.05, 0.1) is 12.2 Å². The van der Waals surface area contributed by atoms with Crippen LogP contribution in [0.4, 0.5) is 5.69 Å². The van der Waals surface area contributed by atoms with Gasteiger partial charge in [0.2, 0.25) is 0 Å². The first-order valence-electron chi connectivity index (χ1n) is 8.59. The highest BCUT2D eigenvalue weighted by atomic mass is 16.5. The van der Waals surface area contributed by atoms with Gasteiger partial charge in [-0.3, -0.25) is 4.79 Å². The normalized spacial score (nSPS) is 21.3. The summed E-state index contributed by atoms with van der Waals surface area (Å²) < 4.78 is 5.68. The highest BCUT2D eigenvalue weighted by molar-refractivity contribution is 5.94. The van der Waals surface area contributed by atoms with E-state index >= 15 is 0 Å². The molecule has 0 bridgehead atoms. The molecule has 1 aliphatic heterocycles. The number of hydrogen-bond acceptors (Lipinski definition) is 4. The first-order valence-corrected chi connectivity index (χ1v) is 8.59. The minimum Gasteiger partial charge on any atom is -0.385 e. The summed E-state index contributed by atoms with van der Waals surface area (Å²) in [4.78, 5) is 14.5. The smallest absolute Gasteiger partial charge is 0.254 e. The number of unbranched alkanes of at least 4 members (excludes halogenated alkanes) is 2. The minimum atomic E-state index is 0.0847. The summed E-state index contributed by atoms with van der Waals surface area (Å²) in [7, 11) is 0. The lowest BCUT2D eigenvalue weighted by atomic mass is 10.1. The number of nitrogens with zero attached hydrogens (tertiary/aromatic N) is 1. The van der Waals surface area contributed by atoms with Crippen LogP contribution in [-0.4, -0.2) is 49.2 Å². The summed E-state index contributed by atoms with van der Waals surface area (Å²) in [5.74, 6) is 0.0847. The standard InChI is InChI=1S/C18H29N3O2/c1-14-12-21(13-15(2)23-14)18(22)16-6-8-17(9-7-16)20-11-5-3-4-10-19/h6-9,14-15,20H,3-5,10-13,19H2,1-2H3/t14-,15?/m1/s1. The number of anilines is 1. The van der Waals surface area contributed by atoms with E-state index in [0.29, 0.717) is 13.1 Å². The minimum absolute atomic E-state index is 0.0847. The van der Waals surface area contributed by atoms with Crippen molar-refractivity contribution in [2.24, 2.45) is 5.73 Å². The molecule has 1 aromatic carbocycles. The maximum Gasteiger partial charge on any atom is 0.254 e. The molecule has 1 heterocycles. The maximum absolute atomic E-state index is 12.6. The van der Waals surface area contributed by atoms with E-state index in [-0.39, 0.29) is 18.1 Å². The molecule has 3 N–H and O–H groups in total. The Bertz CT molecular complexity index is 480. The lowest BCUT2D eigenvalue weighted by molar-refractivity contribution is -0.0586. The number of carbonyl (C=O) groups excluding carboxylic acids is 1. The van der Waals surface area contributed by atoms with Crippen LogP contribution in [0.5, 0.6) is 0 Å². The zero-order chi connectivity index (χ0) is 16.7. The largest absolute Gasteiger partial charge is 0.385 e. The van der Waals surface area contributed by atoms with Crippen molar-refractivity contribution in [1.29, 1.82) is 0 Å². The van der Waals surface area contributed by atoms with Crippen LogP contribution in [0.25, 0.3) is 0 Å². The highest BCUT2D eigenvalue weighted by Crippen LogP contribution is 2.16. The zero-order valence-electron chi connectivity index (χ0n) is 14.3. The molecule has 5 nitrogen and oxygen atoms in total. The average Bonchev–Trinajstić information content (AvgIpc) is 2.54. The van der Waals surface area contributed by atoms with Gasteiger partial charge in [-0.15, -0.1) is 0 Å². The third kappa shape index (κ3) is 5.52. The van der Waals surface area contributed by atoms with E-state index in [4.69, 9.17) is 10.5 Å². The van der Waals surface area contributed by atoms with Crippen molar-refractivity contribution in [2.45, 2.75) is 45.3 Å². The molecule has 1 fully saturated rings. The molecular formula is C18H29N3O2. The molecule has 1 saturated heterocycles. The molecule has 23 heavy (non-hydrogen) atoms. The number of morpholine rings is 1. The van der Waals surface area contributed by atoms with Crippen LogP contribution >= 0.6 is 0 Å². The third-order valence-corrected chi connectivity index (χ3v) is 4.05. The Labute approximate surface area is 139 Å². The number of nitrogens with two attached hydrogens (primary N) is 1. The fraction of sp³-hybridized carbons (Fsp3) is 0.611. The molecule has 2 atom stereocenters. The predicted molar refractivity (Wildman–Crippen MR) is 93.7 cm³/mol. The number of amides is 1. The van der Waals surface area contributed by atoms with Gasteiger partial charge in [0.25, 0.3) is 5.91 Å². The van der Waals surface area contributed by atoms with Crippen molar-refractivity contribution in [3.8, 4) is 0 Å². The van der Waals surface area contributed by atoms with Gasteiger partial charge in [-0.25, -0.2) is 0 Å². The molecule has 128 valence electrons. The lowest BCUT2D eigenvalue weighted by Gasteiger charge is -2.35. The molecule has 0 aliphatic carbocycles. The van der Waals surface area contributed by atoms with Crippen LogP contribution in [-0.2, 0) is 4.74 Å². The molecule has 1 unspecified atom stereocenters. The van der Waals surface area contributed by atoms with Crippen LogP contribution in [0.15, 0.2) is 24.3 Å². The van der Waals surface area contributed by atoms with E-state index in [1.165, 1.54) is 0 Å². The van der Waals surface area contributed by atoms with Crippen molar-refractivity contribution in [3.05, 3.63) is 29.8 Å². The second kappa shape index (κ2) is 8.89. The number of ether oxygens (including phenoxy) is 1. The van der Waals surface area contributed by atoms with Crippen molar-refractivity contribution in [1.82, 2.24) is 4.90 Å². The number of carbonyl (C=O) groups is 1. The van der Waals surface area contributed by atoms with E-state index in [1.807, 2.05) is 43.0 Å². The maximum atomic E-state index is 12.6. The molecule has 1 aliphatic rings. The Kier molecular flexibility index (Phi) is 6.86. The zero-order valence-corrected chi connectivity index (χ0v) is 14.3. The van der Waals surface area contributed by atoms with Crippen LogP contribution in [0.3, 0.4) is 0 Å². The summed E-state index contributed by atoms with van der Waals surface area (Å²) in [6.45, 7) is 7.03.